The van der Waals surface area contributed by atoms with E-state index in [1.165, 1.54) is 0 Å². The summed E-state index contributed by atoms with van der Waals surface area (Å²) >= 11 is 3.48. The van der Waals surface area contributed by atoms with Gasteiger partial charge in [-0.3, -0.25) is 9.88 Å². The molecule has 0 aliphatic heterocycles. The lowest BCUT2D eigenvalue weighted by molar-refractivity contribution is 0.0172. The average Bonchev–Trinajstić information content (AvgIpc) is 2.60. The molecular formula is C21H27BrN2O3. The molecule has 1 amide bonds. The zero-order valence-electron chi connectivity index (χ0n) is 16.3. The van der Waals surface area contributed by atoms with Gasteiger partial charge in [0.25, 0.3) is 0 Å². The van der Waals surface area contributed by atoms with E-state index in [2.05, 4.69) is 20.9 Å². The zero-order valence-corrected chi connectivity index (χ0v) is 17.9. The molecule has 0 spiro atoms. The van der Waals surface area contributed by atoms with Gasteiger partial charge in [0.2, 0.25) is 0 Å². The van der Waals surface area contributed by atoms with E-state index in [0.29, 0.717) is 18.7 Å². The Morgan fingerprint density at radius 3 is 2.59 bits per heavy atom. The highest BCUT2D eigenvalue weighted by molar-refractivity contribution is 9.10. The normalized spacial score (nSPS) is 12.5. The Balaban J connectivity index is 2.23. The first-order valence-corrected chi connectivity index (χ1v) is 9.79. The van der Waals surface area contributed by atoms with Crippen LogP contribution in [0.1, 0.15) is 50.7 Å². The second kappa shape index (κ2) is 9.33. The summed E-state index contributed by atoms with van der Waals surface area (Å²) in [6, 6.07) is 13.2. The second-order valence-corrected chi connectivity index (χ2v) is 8.36. The third-order valence-electron chi connectivity index (χ3n) is 4.04. The quantitative estimate of drug-likeness (QED) is 0.703. The first-order chi connectivity index (χ1) is 12.7. The molecule has 0 fully saturated rings. The molecule has 1 aromatic heterocycles. The monoisotopic (exact) mass is 434 g/mol. The molecule has 27 heavy (non-hydrogen) atoms. The van der Waals surface area contributed by atoms with E-state index < -0.39 is 5.60 Å². The number of carbonyl (C=O) groups is 1. The van der Waals surface area contributed by atoms with Crippen LogP contribution in [-0.2, 0) is 17.8 Å². The molecule has 1 N–H and O–H groups in total. The van der Waals surface area contributed by atoms with Crippen LogP contribution in [-0.4, -0.2) is 33.2 Å². The van der Waals surface area contributed by atoms with E-state index >= 15 is 0 Å². The molecule has 2 rings (SSSR count). The molecule has 6 heteroatoms. The van der Waals surface area contributed by atoms with Crippen molar-refractivity contribution in [2.45, 2.75) is 52.4 Å². The van der Waals surface area contributed by atoms with Crippen molar-refractivity contribution < 1.29 is 14.6 Å². The molecule has 0 saturated carbocycles. The Labute approximate surface area is 169 Å². The van der Waals surface area contributed by atoms with Crippen LogP contribution < -0.4 is 0 Å². The van der Waals surface area contributed by atoms with Crippen molar-refractivity contribution in [3.05, 3.63) is 63.9 Å². The van der Waals surface area contributed by atoms with E-state index in [0.717, 1.165) is 15.7 Å². The Hall–Kier alpha value is -1.92. The lowest BCUT2D eigenvalue weighted by Gasteiger charge is -2.31. The zero-order chi connectivity index (χ0) is 20.0. The fraction of sp³-hybridized carbons (Fsp3) is 0.429. The first kappa shape index (κ1) is 21.4. The number of pyridine rings is 1. The molecule has 0 aliphatic carbocycles. The highest BCUT2D eigenvalue weighted by atomic mass is 79.9. The summed E-state index contributed by atoms with van der Waals surface area (Å²) in [5.41, 5.74) is 1.85. The minimum Gasteiger partial charge on any atom is -0.444 e. The summed E-state index contributed by atoms with van der Waals surface area (Å²) < 4.78 is 6.62. The third kappa shape index (κ3) is 6.63. The molecule has 1 heterocycles. The standard InChI is InChI=1S/C21H27BrN2O3/c1-15(19-10-6-9-18(14-25)23-19)24(20(26)27-21(2,3)4)12-11-16-7-5-8-17(22)13-16/h5-10,13,15,25H,11-12,14H2,1-4H3. The molecule has 146 valence electrons. The van der Waals surface area contributed by atoms with Gasteiger partial charge in [0.1, 0.15) is 5.60 Å². The van der Waals surface area contributed by atoms with Gasteiger partial charge in [-0.2, -0.15) is 0 Å². The number of benzene rings is 1. The van der Waals surface area contributed by atoms with Crippen LogP contribution in [0.25, 0.3) is 0 Å². The van der Waals surface area contributed by atoms with Crippen molar-refractivity contribution >= 4 is 22.0 Å². The predicted octanol–water partition coefficient (Wildman–Crippen LogP) is 4.88. The summed E-state index contributed by atoms with van der Waals surface area (Å²) in [6.07, 6.45) is 0.323. The summed E-state index contributed by atoms with van der Waals surface area (Å²) in [5, 5.41) is 9.35. The van der Waals surface area contributed by atoms with Gasteiger partial charge >= 0.3 is 6.09 Å². The van der Waals surface area contributed by atoms with Crippen molar-refractivity contribution in [1.82, 2.24) is 9.88 Å². The number of aliphatic hydroxyl groups excluding tert-OH is 1. The van der Waals surface area contributed by atoms with Crippen LogP contribution in [0.2, 0.25) is 0 Å². The Morgan fingerprint density at radius 1 is 1.26 bits per heavy atom. The van der Waals surface area contributed by atoms with Gasteiger partial charge in [-0.25, -0.2) is 4.79 Å². The average molecular weight is 435 g/mol. The Kier molecular flexibility index (Phi) is 7.39. The highest BCUT2D eigenvalue weighted by Crippen LogP contribution is 2.23. The maximum Gasteiger partial charge on any atom is 0.410 e. The molecular weight excluding hydrogens is 408 g/mol. The van der Waals surface area contributed by atoms with E-state index in [1.807, 2.05) is 64.1 Å². The van der Waals surface area contributed by atoms with Crippen LogP contribution in [0.3, 0.4) is 0 Å². The number of ether oxygens (including phenoxy) is 1. The molecule has 1 atom stereocenters. The molecule has 0 radical (unpaired) electrons. The number of amides is 1. The van der Waals surface area contributed by atoms with E-state index in [-0.39, 0.29) is 18.7 Å². The van der Waals surface area contributed by atoms with Gasteiger partial charge in [0.15, 0.2) is 0 Å². The van der Waals surface area contributed by atoms with Gasteiger partial charge in [-0.15, -0.1) is 0 Å². The number of aliphatic hydroxyl groups is 1. The lowest BCUT2D eigenvalue weighted by atomic mass is 10.1. The SMILES string of the molecule is CC(c1cccc(CO)n1)N(CCc1cccc(Br)c1)C(=O)OC(C)(C)C. The van der Waals surface area contributed by atoms with Crippen LogP contribution in [0, 0.1) is 0 Å². The van der Waals surface area contributed by atoms with Gasteiger partial charge in [-0.05, 0) is 63.9 Å². The Bertz CT molecular complexity index is 774. The van der Waals surface area contributed by atoms with Crippen LogP contribution >= 0.6 is 15.9 Å². The highest BCUT2D eigenvalue weighted by Gasteiger charge is 2.27. The maximum atomic E-state index is 12.8. The van der Waals surface area contributed by atoms with Gasteiger partial charge in [0, 0.05) is 11.0 Å². The van der Waals surface area contributed by atoms with Gasteiger partial charge < -0.3 is 9.84 Å². The smallest absolute Gasteiger partial charge is 0.410 e. The predicted molar refractivity (Wildman–Crippen MR) is 109 cm³/mol. The number of hydrogen-bond acceptors (Lipinski definition) is 4. The van der Waals surface area contributed by atoms with Crippen molar-refractivity contribution in [1.29, 1.82) is 0 Å². The van der Waals surface area contributed by atoms with Gasteiger partial charge in [0.05, 0.1) is 24.0 Å². The van der Waals surface area contributed by atoms with Crippen molar-refractivity contribution in [3.63, 3.8) is 0 Å². The molecule has 0 bridgehead atoms. The fourth-order valence-electron chi connectivity index (χ4n) is 2.68. The second-order valence-electron chi connectivity index (χ2n) is 7.44. The molecule has 0 aliphatic rings. The van der Waals surface area contributed by atoms with Crippen LogP contribution in [0.4, 0.5) is 4.79 Å². The molecule has 5 nitrogen and oxygen atoms in total. The topological polar surface area (TPSA) is 62.7 Å². The van der Waals surface area contributed by atoms with Crippen LogP contribution in [0.5, 0.6) is 0 Å². The number of aromatic nitrogens is 1. The minimum atomic E-state index is -0.578. The van der Waals surface area contributed by atoms with Gasteiger partial charge in [-0.1, -0.05) is 34.1 Å². The Morgan fingerprint density at radius 2 is 1.96 bits per heavy atom. The molecule has 1 unspecified atom stereocenters. The summed E-state index contributed by atoms with van der Waals surface area (Å²) in [4.78, 5) is 19.0. The van der Waals surface area contributed by atoms with Crippen molar-refractivity contribution in [3.8, 4) is 0 Å². The summed E-state index contributed by atoms with van der Waals surface area (Å²) in [5.74, 6) is 0. The molecule has 0 saturated heterocycles. The number of halogens is 1. The third-order valence-corrected chi connectivity index (χ3v) is 4.54. The maximum absolute atomic E-state index is 12.8. The largest absolute Gasteiger partial charge is 0.444 e. The fourth-order valence-corrected chi connectivity index (χ4v) is 3.13. The van der Waals surface area contributed by atoms with E-state index in [4.69, 9.17) is 4.74 Å². The van der Waals surface area contributed by atoms with E-state index in [1.54, 1.807) is 11.0 Å². The molecule has 1 aromatic carbocycles. The number of nitrogens with zero attached hydrogens (tertiary/aromatic N) is 2. The van der Waals surface area contributed by atoms with Crippen molar-refractivity contribution in [2.24, 2.45) is 0 Å². The van der Waals surface area contributed by atoms with Crippen molar-refractivity contribution in [2.75, 3.05) is 6.54 Å². The number of carbonyl (C=O) groups excluding carboxylic acids is 1. The molecule has 2 aromatic rings. The number of rotatable bonds is 6. The summed E-state index contributed by atoms with van der Waals surface area (Å²) in [7, 11) is 0. The minimum absolute atomic E-state index is 0.134. The number of hydrogen-bond donors (Lipinski definition) is 1. The lowest BCUT2D eigenvalue weighted by Crippen LogP contribution is -2.40. The van der Waals surface area contributed by atoms with Crippen LogP contribution in [0.15, 0.2) is 46.9 Å². The first-order valence-electron chi connectivity index (χ1n) is 9.00. The van der Waals surface area contributed by atoms with E-state index in [9.17, 15) is 9.90 Å². The summed E-state index contributed by atoms with van der Waals surface area (Å²) in [6.45, 7) is 7.85.